The Labute approximate surface area is 198 Å². The minimum absolute atomic E-state index is 0.0306. The van der Waals surface area contributed by atoms with Crippen LogP contribution in [0.1, 0.15) is 24.2 Å². The molecular weight excluding hydrogens is 471 g/mol. The van der Waals surface area contributed by atoms with Gasteiger partial charge >= 0.3 is 0 Å². The first-order valence-corrected chi connectivity index (χ1v) is 12.4. The second kappa shape index (κ2) is 10.1. The molecule has 0 radical (unpaired) electrons. The first-order chi connectivity index (χ1) is 15.1. The molecule has 1 aliphatic rings. The zero-order valence-electron chi connectivity index (χ0n) is 17.8. The Balaban J connectivity index is 1.70. The summed E-state index contributed by atoms with van der Waals surface area (Å²) in [6.07, 6.45) is 0. The van der Waals surface area contributed by atoms with E-state index < -0.39 is 10.0 Å². The van der Waals surface area contributed by atoms with Crippen molar-refractivity contribution in [2.24, 2.45) is 5.92 Å². The van der Waals surface area contributed by atoms with Crippen molar-refractivity contribution in [1.29, 1.82) is 5.26 Å². The maximum atomic E-state index is 13.0. The van der Waals surface area contributed by atoms with Crippen LogP contribution in [0.25, 0.3) is 0 Å². The van der Waals surface area contributed by atoms with E-state index in [1.807, 2.05) is 13.8 Å². The Morgan fingerprint density at radius 2 is 1.75 bits per heavy atom. The minimum atomic E-state index is -3.90. The maximum absolute atomic E-state index is 13.0. The molecule has 10 heteroatoms. The zero-order valence-corrected chi connectivity index (χ0v) is 20.1. The lowest BCUT2D eigenvalue weighted by atomic mass is 10.0. The largest absolute Gasteiger partial charge is 0.336 e. The quantitative estimate of drug-likeness (QED) is 0.652. The summed E-state index contributed by atoms with van der Waals surface area (Å²) in [5.74, 6) is 0.0285. The van der Waals surface area contributed by atoms with Gasteiger partial charge in [0.05, 0.1) is 21.0 Å². The van der Waals surface area contributed by atoms with Gasteiger partial charge in [0.25, 0.3) is 15.9 Å². The molecule has 1 amide bonds. The van der Waals surface area contributed by atoms with Crippen molar-refractivity contribution in [3.8, 4) is 6.07 Å². The molecule has 1 fully saturated rings. The van der Waals surface area contributed by atoms with Crippen LogP contribution in [0.3, 0.4) is 0 Å². The fourth-order valence-corrected chi connectivity index (χ4v) is 5.05. The molecule has 1 heterocycles. The van der Waals surface area contributed by atoms with Crippen molar-refractivity contribution in [2.75, 3.05) is 30.9 Å². The second-order valence-electron chi connectivity index (χ2n) is 7.91. The molecule has 1 N–H and O–H groups in total. The predicted molar refractivity (Wildman–Crippen MR) is 125 cm³/mol. The number of benzene rings is 2. The van der Waals surface area contributed by atoms with Crippen LogP contribution in [0, 0.1) is 17.2 Å². The second-order valence-corrected chi connectivity index (χ2v) is 10.4. The molecule has 1 aliphatic heterocycles. The highest BCUT2D eigenvalue weighted by Crippen LogP contribution is 2.26. The molecule has 0 bridgehead atoms. The molecular formula is C22H24Cl2N4O3S. The number of carbonyl (C=O) groups is 1. The molecule has 0 aromatic heterocycles. The van der Waals surface area contributed by atoms with E-state index >= 15 is 0 Å². The van der Waals surface area contributed by atoms with Gasteiger partial charge in [0, 0.05) is 37.4 Å². The number of hydrogen-bond acceptors (Lipinski definition) is 5. The molecule has 1 unspecified atom stereocenters. The van der Waals surface area contributed by atoms with Gasteiger partial charge in [-0.15, -0.1) is 0 Å². The van der Waals surface area contributed by atoms with Crippen molar-refractivity contribution < 1.29 is 13.2 Å². The van der Waals surface area contributed by atoms with Crippen LogP contribution in [0.15, 0.2) is 47.4 Å². The smallest absolute Gasteiger partial charge is 0.261 e. The first kappa shape index (κ1) is 24.3. The van der Waals surface area contributed by atoms with E-state index in [9.17, 15) is 18.5 Å². The van der Waals surface area contributed by atoms with Gasteiger partial charge in [0.15, 0.2) is 0 Å². The Morgan fingerprint density at radius 1 is 1.06 bits per heavy atom. The molecule has 0 aliphatic carbocycles. The molecule has 0 saturated carbocycles. The Hall–Kier alpha value is -2.31. The van der Waals surface area contributed by atoms with Crippen LogP contribution >= 0.6 is 23.2 Å². The third kappa shape index (κ3) is 5.54. The molecule has 2 aromatic rings. The lowest BCUT2D eigenvalue weighted by Crippen LogP contribution is -2.52. The lowest BCUT2D eigenvalue weighted by Gasteiger charge is -2.38. The number of nitriles is 1. The van der Waals surface area contributed by atoms with Crippen molar-refractivity contribution in [3.63, 3.8) is 0 Å². The number of carbonyl (C=O) groups excluding carboxylic acids is 1. The third-order valence-corrected chi connectivity index (χ3v) is 7.44. The average Bonchev–Trinajstić information content (AvgIpc) is 2.75. The SMILES string of the molecule is CC(C)C(C#N)N1CCN(C(=O)c2cccc(NS(=O)(=O)c3ccc(Cl)c(Cl)c3)c2)CC1. The topological polar surface area (TPSA) is 93.5 Å². The van der Waals surface area contributed by atoms with Crippen molar-refractivity contribution in [3.05, 3.63) is 58.1 Å². The fourth-order valence-electron chi connectivity index (χ4n) is 3.61. The number of nitrogens with one attached hydrogen (secondary N) is 1. The molecule has 1 saturated heterocycles. The maximum Gasteiger partial charge on any atom is 0.261 e. The summed E-state index contributed by atoms with van der Waals surface area (Å²) < 4.78 is 27.9. The van der Waals surface area contributed by atoms with Crippen LogP contribution in [-0.4, -0.2) is 56.3 Å². The van der Waals surface area contributed by atoms with Crippen LogP contribution in [0.5, 0.6) is 0 Å². The molecule has 2 aromatic carbocycles. The number of halogens is 2. The van der Waals surface area contributed by atoms with Crippen LogP contribution in [-0.2, 0) is 10.0 Å². The molecule has 170 valence electrons. The van der Waals surface area contributed by atoms with E-state index in [0.29, 0.717) is 31.7 Å². The Kier molecular flexibility index (Phi) is 7.67. The van der Waals surface area contributed by atoms with Gasteiger partial charge in [-0.05, 0) is 42.3 Å². The standard InChI is InChI=1S/C22H24Cl2N4O3S/c1-15(2)21(14-25)27-8-10-28(11-9-27)22(29)16-4-3-5-17(12-16)26-32(30,31)18-6-7-19(23)20(24)13-18/h3-7,12-13,15,21,26H,8-11H2,1-2H3. The van der Waals surface area contributed by atoms with Gasteiger partial charge in [0.2, 0.25) is 0 Å². The van der Waals surface area contributed by atoms with E-state index in [2.05, 4.69) is 15.7 Å². The fraction of sp³-hybridized carbons (Fsp3) is 0.364. The number of amides is 1. The number of nitrogens with zero attached hydrogens (tertiary/aromatic N) is 3. The van der Waals surface area contributed by atoms with Crippen molar-refractivity contribution in [2.45, 2.75) is 24.8 Å². The predicted octanol–water partition coefficient (Wildman–Crippen LogP) is 4.10. The lowest BCUT2D eigenvalue weighted by molar-refractivity contribution is 0.0577. The van der Waals surface area contributed by atoms with Gasteiger partial charge in [-0.3, -0.25) is 14.4 Å². The van der Waals surface area contributed by atoms with Gasteiger partial charge < -0.3 is 4.90 Å². The van der Waals surface area contributed by atoms with E-state index in [1.165, 1.54) is 24.3 Å². The zero-order chi connectivity index (χ0) is 23.5. The van der Waals surface area contributed by atoms with Gasteiger partial charge in [0.1, 0.15) is 6.04 Å². The summed E-state index contributed by atoms with van der Waals surface area (Å²) in [4.78, 5) is 16.8. The summed E-state index contributed by atoms with van der Waals surface area (Å²) in [6.45, 7) is 6.26. The summed E-state index contributed by atoms with van der Waals surface area (Å²) in [6, 6.07) is 12.6. The minimum Gasteiger partial charge on any atom is -0.336 e. The molecule has 32 heavy (non-hydrogen) atoms. The van der Waals surface area contributed by atoms with Crippen molar-refractivity contribution >= 4 is 44.8 Å². The van der Waals surface area contributed by atoms with E-state index in [1.54, 1.807) is 23.1 Å². The highest BCUT2D eigenvalue weighted by Gasteiger charge is 2.28. The number of rotatable bonds is 6. The normalized spacial score (nSPS) is 15.9. The van der Waals surface area contributed by atoms with Crippen LogP contribution in [0.4, 0.5) is 5.69 Å². The number of anilines is 1. The van der Waals surface area contributed by atoms with Crippen LogP contribution in [0.2, 0.25) is 10.0 Å². The monoisotopic (exact) mass is 494 g/mol. The first-order valence-electron chi connectivity index (χ1n) is 10.1. The summed E-state index contributed by atoms with van der Waals surface area (Å²) in [5, 5.41) is 9.78. The number of piperazine rings is 1. The van der Waals surface area contributed by atoms with E-state index in [4.69, 9.17) is 23.2 Å². The van der Waals surface area contributed by atoms with E-state index in [0.717, 1.165) is 0 Å². The van der Waals surface area contributed by atoms with E-state index in [-0.39, 0.29) is 38.5 Å². The average molecular weight is 495 g/mol. The Bertz CT molecular complexity index is 1140. The molecule has 0 spiro atoms. The molecule has 7 nitrogen and oxygen atoms in total. The third-order valence-electron chi connectivity index (χ3n) is 5.32. The highest BCUT2D eigenvalue weighted by molar-refractivity contribution is 7.92. The van der Waals surface area contributed by atoms with Gasteiger partial charge in [-0.25, -0.2) is 8.42 Å². The highest BCUT2D eigenvalue weighted by atomic mass is 35.5. The Morgan fingerprint density at radius 3 is 2.34 bits per heavy atom. The van der Waals surface area contributed by atoms with Crippen molar-refractivity contribution in [1.82, 2.24) is 9.80 Å². The molecule has 1 atom stereocenters. The van der Waals surface area contributed by atoms with Gasteiger partial charge in [-0.1, -0.05) is 43.1 Å². The number of sulfonamides is 1. The summed E-state index contributed by atoms with van der Waals surface area (Å²) in [5.41, 5.74) is 0.651. The summed E-state index contributed by atoms with van der Waals surface area (Å²) >= 11 is 11.8. The van der Waals surface area contributed by atoms with Gasteiger partial charge in [-0.2, -0.15) is 5.26 Å². The number of hydrogen-bond donors (Lipinski definition) is 1. The summed E-state index contributed by atoms with van der Waals surface area (Å²) in [7, 11) is -3.90. The molecule has 3 rings (SSSR count). The van der Waals surface area contributed by atoms with Crippen LogP contribution < -0.4 is 4.72 Å².